The van der Waals surface area contributed by atoms with Crippen molar-refractivity contribution in [3.05, 3.63) is 23.8 Å². The van der Waals surface area contributed by atoms with Crippen LogP contribution in [0.1, 0.15) is 5.56 Å². The van der Waals surface area contributed by atoms with Gasteiger partial charge in [-0.3, -0.25) is 0 Å². The Hall–Kier alpha value is -0.180. The second-order valence-corrected chi connectivity index (χ2v) is 2.13. The topological polar surface area (TPSA) is 32.3 Å². The molecule has 0 fully saturated rings. The molecule has 11 heavy (non-hydrogen) atoms. The van der Waals surface area contributed by atoms with Crippen LogP contribution in [0.25, 0.3) is 0 Å². The minimum Gasteiger partial charge on any atom is -0.872 e. The van der Waals surface area contributed by atoms with Gasteiger partial charge in [-0.25, -0.2) is 0 Å². The maximum Gasteiger partial charge on any atom is 1.00 e. The summed E-state index contributed by atoms with van der Waals surface area (Å²) in [5, 5.41) is 10.7. The van der Waals surface area contributed by atoms with Crippen LogP contribution in [0.4, 0.5) is 0 Å². The van der Waals surface area contributed by atoms with Crippen LogP contribution in [0.2, 0.25) is 0 Å². The SMILES string of the molecule is COc1ccc([O-])cc1C.[Na+]. The Morgan fingerprint density at radius 2 is 2.00 bits per heavy atom. The van der Waals surface area contributed by atoms with Crippen LogP contribution in [-0.4, -0.2) is 7.11 Å². The molecule has 2 nitrogen and oxygen atoms in total. The van der Waals surface area contributed by atoms with E-state index < -0.39 is 0 Å². The molecular weight excluding hydrogens is 151 g/mol. The van der Waals surface area contributed by atoms with Crippen molar-refractivity contribution in [3.8, 4) is 11.5 Å². The minimum atomic E-state index is 0. The molecule has 1 aromatic carbocycles. The largest absolute Gasteiger partial charge is 1.00 e. The summed E-state index contributed by atoms with van der Waals surface area (Å²) in [5.74, 6) is 0.790. The zero-order valence-corrected chi connectivity index (χ0v) is 9.05. The second kappa shape index (κ2) is 4.65. The van der Waals surface area contributed by atoms with E-state index >= 15 is 0 Å². The molecule has 1 aromatic rings. The van der Waals surface area contributed by atoms with E-state index in [1.807, 2.05) is 6.92 Å². The van der Waals surface area contributed by atoms with Gasteiger partial charge in [0.05, 0.1) is 7.11 Å². The van der Waals surface area contributed by atoms with Gasteiger partial charge in [0.1, 0.15) is 5.75 Å². The molecule has 0 aliphatic carbocycles. The zero-order valence-electron chi connectivity index (χ0n) is 7.05. The summed E-state index contributed by atoms with van der Waals surface area (Å²) in [4.78, 5) is 0. The molecule has 0 saturated heterocycles. The summed E-state index contributed by atoms with van der Waals surface area (Å²) < 4.78 is 4.96. The van der Waals surface area contributed by atoms with Gasteiger partial charge >= 0.3 is 29.6 Å². The predicted octanol–water partition coefficient (Wildman–Crippen LogP) is -1.92. The van der Waals surface area contributed by atoms with Gasteiger partial charge in [-0.1, -0.05) is 12.1 Å². The Morgan fingerprint density at radius 1 is 1.36 bits per heavy atom. The van der Waals surface area contributed by atoms with Crippen LogP contribution in [0.3, 0.4) is 0 Å². The van der Waals surface area contributed by atoms with Gasteiger partial charge in [0, 0.05) is 0 Å². The molecule has 0 aliphatic heterocycles. The van der Waals surface area contributed by atoms with E-state index in [1.165, 1.54) is 6.07 Å². The predicted molar refractivity (Wildman–Crippen MR) is 37.2 cm³/mol. The number of hydrogen-bond acceptors (Lipinski definition) is 2. The van der Waals surface area contributed by atoms with Gasteiger partial charge in [-0.05, 0) is 18.6 Å². The fourth-order valence-corrected chi connectivity index (χ4v) is 0.851. The summed E-state index contributed by atoms with van der Waals surface area (Å²) in [7, 11) is 1.59. The fraction of sp³-hybridized carbons (Fsp3) is 0.250. The van der Waals surface area contributed by atoms with E-state index in [0.717, 1.165) is 11.3 Å². The van der Waals surface area contributed by atoms with Gasteiger partial charge in [-0.2, -0.15) is 0 Å². The van der Waals surface area contributed by atoms with Crippen LogP contribution < -0.4 is 39.4 Å². The average molecular weight is 160 g/mol. The van der Waals surface area contributed by atoms with Crippen molar-refractivity contribution in [2.75, 3.05) is 7.11 Å². The molecule has 0 aromatic heterocycles. The quantitative estimate of drug-likeness (QED) is 0.449. The van der Waals surface area contributed by atoms with E-state index in [4.69, 9.17) is 4.74 Å². The van der Waals surface area contributed by atoms with Crippen molar-refractivity contribution in [2.24, 2.45) is 0 Å². The summed E-state index contributed by atoms with van der Waals surface area (Å²) in [5.41, 5.74) is 0.884. The normalized spacial score (nSPS) is 8.55. The van der Waals surface area contributed by atoms with Gasteiger partial charge in [0.25, 0.3) is 0 Å². The number of benzene rings is 1. The molecule has 54 valence electrons. The molecule has 0 aliphatic rings. The van der Waals surface area contributed by atoms with Crippen molar-refractivity contribution < 1.29 is 39.4 Å². The van der Waals surface area contributed by atoms with Gasteiger partial charge in [0.15, 0.2) is 0 Å². The van der Waals surface area contributed by atoms with Gasteiger partial charge in [-0.15, -0.1) is 5.75 Å². The van der Waals surface area contributed by atoms with Crippen LogP contribution in [0, 0.1) is 6.92 Å². The van der Waals surface area contributed by atoms with Crippen LogP contribution >= 0.6 is 0 Å². The molecule has 0 radical (unpaired) electrons. The molecule has 0 bridgehead atoms. The third kappa shape index (κ3) is 2.73. The second-order valence-electron chi connectivity index (χ2n) is 2.13. The molecule has 0 unspecified atom stereocenters. The third-order valence-electron chi connectivity index (χ3n) is 1.37. The third-order valence-corrected chi connectivity index (χ3v) is 1.37. The maximum atomic E-state index is 10.7. The van der Waals surface area contributed by atoms with Crippen molar-refractivity contribution >= 4 is 0 Å². The first kappa shape index (κ1) is 10.8. The maximum absolute atomic E-state index is 10.7. The Kier molecular flexibility index (Phi) is 4.57. The van der Waals surface area contributed by atoms with Gasteiger partial charge < -0.3 is 9.84 Å². The summed E-state index contributed by atoms with van der Waals surface area (Å²) in [6.07, 6.45) is 0. The number of methoxy groups -OCH3 is 1. The van der Waals surface area contributed by atoms with E-state index in [9.17, 15) is 5.11 Å². The molecule has 3 heteroatoms. The Bertz CT molecular complexity index is 236. The molecule has 0 amide bonds. The monoisotopic (exact) mass is 160 g/mol. The van der Waals surface area contributed by atoms with E-state index in [-0.39, 0.29) is 35.3 Å². The van der Waals surface area contributed by atoms with Gasteiger partial charge in [0.2, 0.25) is 0 Å². The van der Waals surface area contributed by atoms with E-state index in [1.54, 1.807) is 19.2 Å². The first-order chi connectivity index (χ1) is 4.74. The first-order valence-electron chi connectivity index (χ1n) is 3.05. The number of hydrogen-bond donors (Lipinski definition) is 0. The molecule has 0 atom stereocenters. The zero-order chi connectivity index (χ0) is 7.56. The first-order valence-corrected chi connectivity index (χ1v) is 3.05. The Morgan fingerprint density at radius 3 is 2.45 bits per heavy atom. The number of rotatable bonds is 1. The summed E-state index contributed by atoms with van der Waals surface area (Å²) >= 11 is 0. The number of ether oxygens (including phenoxy) is 1. The van der Waals surface area contributed by atoms with Crippen molar-refractivity contribution in [1.29, 1.82) is 0 Å². The molecular formula is C8H9NaO2. The Labute approximate surface area is 88.5 Å². The van der Waals surface area contributed by atoms with E-state index in [2.05, 4.69) is 0 Å². The smallest absolute Gasteiger partial charge is 0.872 e. The molecule has 0 heterocycles. The van der Waals surface area contributed by atoms with Crippen LogP contribution in [0.15, 0.2) is 18.2 Å². The summed E-state index contributed by atoms with van der Waals surface area (Å²) in [6, 6.07) is 4.72. The van der Waals surface area contributed by atoms with E-state index in [0.29, 0.717) is 0 Å². The van der Waals surface area contributed by atoms with Crippen LogP contribution in [-0.2, 0) is 0 Å². The summed E-state index contributed by atoms with van der Waals surface area (Å²) in [6.45, 7) is 1.85. The molecule has 0 N–H and O–H groups in total. The minimum absolute atomic E-state index is 0. The molecule has 0 saturated carbocycles. The Balaban J connectivity index is 0.000001000. The van der Waals surface area contributed by atoms with Crippen molar-refractivity contribution in [3.63, 3.8) is 0 Å². The van der Waals surface area contributed by atoms with Crippen molar-refractivity contribution in [2.45, 2.75) is 6.92 Å². The standard InChI is InChI=1S/C8H10O2.Na/c1-6-5-7(9)3-4-8(6)10-2;/h3-5,9H,1-2H3;/q;+1/p-1. The number of aryl methyl sites for hydroxylation is 1. The van der Waals surface area contributed by atoms with Crippen molar-refractivity contribution in [1.82, 2.24) is 0 Å². The molecule has 1 rings (SSSR count). The molecule has 0 spiro atoms. The van der Waals surface area contributed by atoms with Crippen LogP contribution in [0.5, 0.6) is 11.5 Å². The average Bonchev–Trinajstić information content (AvgIpc) is 1.88. The fourth-order valence-electron chi connectivity index (χ4n) is 0.851.